The van der Waals surface area contributed by atoms with E-state index in [9.17, 15) is 0 Å². The topological polar surface area (TPSA) is 30.5 Å². The van der Waals surface area contributed by atoms with Crippen LogP contribution in [0.25, 0.3) is 0 Å². The van der Waals surface area contributed by atoms with Crippen molar-refractivity contribution in [3.8, 4) is 11.5 Å². The smallest absolute Gasteiger partial charge is 0.198 e. The summed E-state index contributed by atoms with van der Waals surface area (Å²) in [5.41, 5.74) is -0.579. The lowest BCUT2D eigenvalue weighted by molar-refractivity contribution is 0.112. The molecule has 1 atom stereocenters. The first-order valence-corrected chi connectivity index (χ1v) is 12.2. The number of nitrogens with one attached hydrogen (secondary N) is 1. The highest BCUT2D eigenvalue weighted by Crippen LogP contribution is 2.28. The molecule has 1 radical (unpaired) electrons. The van der Waals surface area contributed by atoms with E-state index < -0.39 is 13.8 Å². The molecule has 0 saturated heterocycles. The maximum atomic E-state index is 6.39. The monoisotopic (exact) mass is 364 g/mol. The first-order valence-electron chi connectivity index (χ1n) is 9.04. The molecule has 0 spiro atoms. The van der Waals surface area contributed by atoms with Crippen LogP contribution in [0.4, 0.5) is 0 Å². The zero-order valence-electron chi connectivity index (χ0n) is 15.7. The van der Waals surface area contributed by atoms with Crippen LogP contribution in [0.15, 0.2) is 72.8 Å². The van der Waals surface area contributed by atoms with Crippen LogP contribution in [0, 0.1) is 6.20 Å². The Morgan fingerprint density at radius 1 is 1.00 bits per heavy atom. The number of ether oxygens (including phenoxy) is 2. The summed E-state index contributed by atoms with van der Waals surface area (Å²) >= 11 is 0. The predicted octanol–water partition coefficient (Wildman–Crippen LogP) is 4.25. The third-order valence-electron chi connectivity index (χ3n) is 4.52. The SMILES string of the molecule is CCOc1ccc([Si](C)(C)CC2(Oc3ccccc3)C=CC=[C]N2)cc1. The molecule has 135 valence electrons. The van der Waals surface area contributed by atoms with E-state index in [0.717, 1.165) is 17.5 Å². The van der Waals surface area contributed by atoms with Gasteiger partial charge in [0.25, 0.3) is 0 Å². The third kappa shape index (κ3) is 4.38. The maximum Gasteiger partial charge on any atom is 0.198 e. The normalized spacial score (nSPS) is 19.0. The van der Waals surface area contributed by atoms with Crippen LogP contribution in [0.2, 0.25) is 19.1 Å². The van der Waals surface area contributed by atoms with E-state index in [4.69, 9.17) is 9.47 Å². The number of benzene rings is 2. The summed E-state index contributed by atoms with van der Waals surface area (Å²) in [7, 11) is -1.79. The summed E-state index contributed by atoms with van der Waals surface area (Å²) in [6.07, 6.45) is 9.08. The van der Waals surface area contributed by atoms with Crippen LogP contribution >= 0.6 is 0 Å². The van der Waals surface area contributed by atoms with E-state index in [1.54, 1.807) is 0 Å². The van der Waals surface area contributed by atoms with E-state index in [2.05, 4.69) is 55.0 Å². The van der Waals surface area contributed by atoms with Crippen molar-refractivity contribution < 1.29 is 9.47 Å². The highest BCUT2D eigenvalue weighted by Gasteiger charge is 2.39. The number of rotatable bonds is 7. The van der Waals surface area contributed by atoms with Gasteiger partial charge in [0.1, 0.15) is 11.5 Å². The van der Waals surface area contributed by atoms with Crippen molar-refractivity contribution in [1.29, 1.82) is 0 Å². The number of dihydropyridines is 1. The molecule has 1 aliphatic rings. The lowest BCUT2D eigenvalue weighted by Crippen LogP contribution is -2.56. The van der Waals surface area contributed by atoms with Crippen LogP contribution in [0.1, 0.15) is 6.92 Å². The summed E-state index contributed by atoms with van der Waals surface area (Å²) in [6, 6.07) is 19.4. The zero-order chi connectivity index (χ0) is 18.5. The fraction of sp³-hybridized carbons (Fsp3) is 0.273. The van der Waals surface area contributed by atoms with Crippen molar-refractivity contribution in [2.75, 3.05) is 6.61 Å². The van der Waals surface area contributed by atoms with Crippen LogP contribution in [0.3, 0.4) is 0 Å². The highest BCUT2D eigenvalue weighted by atomic mass is 28.3. The molecule has 0 fully saturated rings. The van der Waals surface area contributed by atoms with Crippen LogP contribution in [-0.2, 0) is 0 Å². The molecule has 2 aromatic carbocycles. The second-order valence-electron chi connectivity index (χ2n) is 7.12. The third-order valence-corrected chi connectivity index (χ3v) is 7.83. The van der Waals surface area contributed by atoms with Gasteiger partial charge in [0, 0.05) is 6.04 Å². The standard InChI is InChI=1S/C22H26NO2Si/c1-4-24-19-12-14-21(15-13-19)26(2,3)18-22(16-8-9-17-23-22)25-20-10-6-5-7-11-20/h5-16,23H,4,18H2,1-3H3. The number of hydrogen-bond acceptors (Lipinski definition) is 3. The maximum absolute atomic E-state index is 6.39. The second kappa shape index (κ2) is 7.83. The fourth-order valence-corrected chi connectivity index (χ4v) is 6.15. The number of allylic oxidation sites excluding steroid dienone is 2. The minimum absolute atomic E-state index is 0.579. The Bertz CT molecular complexity index is 768. The van der Waals surface area contributed by atoms with Gasteiger partial charge in [-0.2, -0.15) is 0 Å². The van der Waals surface area contributed by atoms with E-state index >= 15 is 0 Å². The molecule has 0 amide bonds. The average molecular weight is 365 g/mol. The lowest BCUT2D eigenvalue weighted by Gasteiger charge is -2.38. The second-order valence-corrected chi connectivity index (χ2v) is 11.8. The Labute approximate surface area is 157 Å². The minimum atomic E-state index is -1.79. The van der Waals surface area contributed by atoms with E-state index in [-0.39, 0.29) is 0 Å². The van der Waals surface area contributed by atoms with Gasteiger partial charge >= 0.3 is 0 Å². The molecule has 0 saturated carbocycles. The molecule has 0 bridgehead atoms. The molecule has 1 unspecified atom stereocenters. The quantitative estimate of drug-likeness (QED) is 0.745. The largest absolute Gasteiger partial charge is 0.494 e. The highest BCUT2D eigenvalue weighted by molar-refractivity contribution is 6.90. The Balaban J connectivity index is 1.83. The van der Waals surface area contributed by atoms with Crippen molar-refractivity contribution in [2.45, 2.75) is 31.8 Å². The van der Waals surface area contributed by atoms with Crippen molar-refractivity contribution in [3.63, 3.8) is 0 Å². The molecule has 0 aromatic heterocycles. The molecule has 2 aromatic rings. The van der Waals surface area contributed by atoms with E-state index in [0.29, 0.717) is 6.61 Å². The van der Waals surface area contributed by atoms with Crippen molar-refractivity contribution in [3.05, 3.63) is 79.0 Å². The Morgan fingerprint density at radius 3 is 2.35 bits per heavy atom. The minimum Gasteiger partial charge on any atom is -0.494 e. The van der Waals surface area contributed by atoms with Gasteiger partial charge in [0.15, 0.2) is 5.72 Å². The van der Waals surface area contributed by atoms with Crippen molar-refractivity contribution in [1.82, 2.24) is 5.32 Å². The molecule has 3 nitrogen and oxygen atoms in total. The Hall–Kier alpha value is -2.46. The molecule has 1 heterocycles. The average Bonchev–Trinajstić information content (AvgIpc) is 2.63. The first-order chi connectivity index (χ1) is 12.5. The Morgan fingerprint density at radius 2 is 1.73 bits per heavy atom. The van der Waals surface area contributed by atoms with Crippen LogP contribution in [0.5, 0.6) is 11.5 Å². The molecule has 1 N–H and O–H groups in total. The van der Waals surface area contributed by atoms with Crippen molar-refractivity contribution in [2.24, 2.45) is 0 Å². The summed E-state index contributed by atoms with van der Waals surface area (Å²) in [4.78, 5) is 0. The van der Waals surface area contributed by atoms with E-state index in [1.807, 2.05) is 49.4 Å². The van der Waals surface area contributed by atoms with Gasteiger partial charge in [-0.05, 0) is 43.3 Å². The summed E-state index contributed by atoms with van der Waals surface area (Å²) < 4.78 is 12.0. The van der Waals surface area contributed by atoms with Gasteiger partial charge < -0.3 is 14.8 Å². The van der Waals surface area contributed by atoms with Gasteiger partial charge in [0.05, 0.1) is 20.9 Å². The molecule has 26 heavy (non-hydrogen) atoms. The van der Waals surface area contributed by atoms with Crippen molar-refractivity contribution >= 4 is 13.3 Å². The molecule has 3 rings (SSSR count). The van der Waals surface area contributed by atoms with Gasteiger partial charge in [-0.15, -0.1) is 0 Å². The van der Waals surface area contributed by atoms with E-state index in [1.165, 1.54) is 5.19 Å². The van der Waals surface area contributed by atoms with Gasteiger partial charge in [-0.1, -0.05) is 54.7 Å². The van der Waals surface area contributed by atoms with Gasteiger partial charge in [0.2, 0.25) is 0 Å². The van der Waals surface area contributed by atoms with Gasteiger partial charge in [-0.3, -0.25) is 0 Å². The number of hydrogen-bond donors (Lipinski definition) is 1. The number of para-hydroxylation sites is 1. The lowest BCUT2D eigenvalue weighted by atomic mass is 10.2. The zero-order valence-corrected chi connectivity index (χ0v) is 16.7. The molecule has 0 aliphatic carbocycles. The first kappa shape index (κ1) is 18.3. The van der Waals surface area contributed by atoms with Gasteiger partial charge in [-0.25, -0.2) is 0 Å². The summed E-state index contributed by atoms with van der Waals surface area (Å²) in [6.45, 7) is 7.42. The molecule has 1 aliphatic heterocycles. The summed E-state index contributed by atoms with van der Waals surface area (Å²) in [5, 5.41) is 4.71. The molecular weight excluding hydrogens is 338 g/mol. The Kier molecular flexibility index (Phi) is 5.52. The predicted molar refractivity (Wildman–Crippen MR) is 109 cm³/mol. The molecular formula is C22H26NO2Si. The summed E-state index contributed by atoms with van der Waals surface area (Å²) in [5.74, 6) is 1.77. The van der Waals surface area contributed by atoms with Crippen LogP contribution in [-0.4, -0.2) is 20.4 Å². The fourth-order valence-electron chi connectivity index (χ4n) is 3.28. The molecule has 4 heteroatoms. The van der Waals surface area contributed by atoms with Crippen LogP contribution < -0.4 is 20.0 Å².